The van der Waals surface area contributed by atoms with Gasteiger partial charge in [-0.15, -0.1) is 0 Å². The molecule has 1 aromatic rings. The summed E-state index contributed by atoms with van der Waals surface area (Å²) in [5.41, 5.74) is -0.272. The Morgan fingerprint density at radius 3 is 3.00 bits per heavy atom. The van der Waals surface area contributed by atoms with E-state index in [4.69, 9.17) is 4.74 Å². The second-order valence-corrected chi connectivity index (χ2v) is 5.17. The minimum atomic E-state index is -0.707. The number of hydrogen-bond acceptors (Lipinski definition) is 4. The van der Waals surface area contributed by atoms with E-state index in [1.165, 1.54) is 23.1 Å². The van der Waals surface area contributed by atoms with Gasteiger partial charge in [0.25, 0.3) is 5.91 Å². The van der Waals surface area contributed by atoms with E-state index < -0.39 is 11.7 Å². The molecule has 1 aromatic carbocycles. The van der Waals surface area contributed by atoms with Crippen LogP contribution in [0.25, 0.3) is 0 Å². The first-order valence-corrected chi connectivity index (χ1v) is 7.12. The Bertz CT molecular complexity index is 470. The van der Waals surface area contributed by atoms with Gasteiger partial charge < -0.3 is 20.1 Å². The van der Waals surface area contributed by atoms with Crippen molar-refractivity contribution in [3.8, 4) is 5.75 Å². The minimum absolute atomic E-state index is 0.208. The number of halogens is 1. The number of ether oxygens (including phenoxy) is 1. The van der Waals surface area contributed by atoms with E-state index in [0.717, 1.165) is 19.4 Å². The van der Waals surface area contributed by atoms with Crippen molar-refractivity contribution in [2.75, 3.05) is 33.4 Å². The summed E-state index contributed by atoms with van der Waals surface area (Å²) in [6.07, 6.45) is 2.06. The lowest BCUT2D eigenvalue weighted by atomic mass is 10.1. The number of rotatable bonds is 6. The van der Waals surface area contributed by atoms with Crippen molar-refractivity contribution in [2.45, 2.75) is 18.9 Å². The Hall–Kier alpha value is -1.66. The molecule has 0 spiro atoms. The number of carbonyl (C=O) groups is 1. The summed E-state index contributed by atoms with van der Waals surface area (Å²) in [7, 11) is 1.55. The fourth-order valence-electron chi connectivity index (χ4n) is 2.54. The van der Waals surface area contributed by atoms with Crippen molar-refractivity contribution in [3.63, 3.8) is 0 Å². The maximum Gasteiger partial charge on any atom is 0.260 e. The molecule has 1 saturated heterocycles. The summed E-state index contributed by atoms with van der Waals surface area (Å²) >= 11 is 0. The number of nitrogens with one attached hydrogen (secondary N) is 1. The lowest BCUT2D eigenvalue weighted by Crippen LogP contribution is -2.43. The van der Waals surface area contributed by atoms with Gasteiger partial charge in [-0.25, -0.2) is 4.39 Å². The van der Waals surface area contributed by atoms with Crippen LogP contribution in [0.15, 0.2) is 18.2 Å². The molecule has 0 aromatic heterocycles. The van der Waals surface area contributed by atoms with Crippen LogP contribution in [0.4, 0.5) is 4.39 Å². The van der Waals surface area contributed by atoms with Crippen molar-refractivity contribution in [2.24, 2.45) is 0 Å². The highest BCUT2D eigenvalue weighted by molar-refractivity contribution is 5.97. The molecule has 1 unspecified atom stereocenters. The SMILES string of the molecule is COCCN(CC1CCCN1)C(=O)c1c(O)cccc1F. The standard InChI is InChI=1S/C15H21FN2O3/c1-21-9-8-18(10-11-4-3-7-17-11)15(20)14-12(16)5-2-6-13(14)19/h2,5-6,11,17,19H,3-4,7-10H2,1H3. The van der Waals surface area contributed by atoms with E-state index in [1.807, 2.05) is 0 Å². The van der Waals surface area contributed by atoms with Gasteiger partial charge in [0.15, 0.2) is 0 Å². The summed E-state index contributed by atoms with van der Waals surface area (Å²) in [4.78, 5) is 14.1. The second-order valence-electron chi connectivity index (χ2n) is 5.17. The first kappa shape index (κ1) is 15.7. The number of phenols is 1. The zero-order chi connectivity index (χ0) is 15.2. The van der Waals surface area contributed by atoms with E-state index in [-0.39, 0.29) is 17.4 Å². The van der Waals surface area contributed by atoms with Crippen LogP contribution in [-0.2, 0) is 4.74 Å². The van der Waals surface area contributed by atoms with Crippen molar-refractivity contribution in [1.82, 2.24) is 10.2 Å². The maximum atomic E-state index is 13.8. The third-order valence-electron chi connectivity index (χ3n) is 3.66. The Kier molecular flexibility index (Phi) is 5.52. The van der Waals surface area contributed by atoms with Crippen LogP contribution in [0.2, 0.25) is 0 Å². The normalized spacial score (nSPS) is 17.9. The Labute approximate surface area is 123 Å². The quantitative estimate of drug-likeness (QED) is 0.832. The van der Waals surface area contributed by atoms with E-state index >= 15 is 0 Å². The Morgan fingerprint density at radius 1 is 1.57 bits per heavy atom. The Morgan fingerprint density at radius 2 is 2.38 bits per heavy atom. The van der Waals surface area contributed by atoms with Crippen LogP contribution in [0.3, 0.4) is 0 Å². The molecule has 1 fully saturated rings. The molecule has 2 N–H and O–H groups in total. The van der Waals surface area contributed by atoms with Crippen LogP contribution in [-0.4, -0.2) is 55.3 Å². The molecule has 1 amide bonds. The molecule has 116 valence electrons. The fraction of sp³-hybridized carbons (Fsp3) is 0.533. The van der Waals surface area contributed by atoms with Gasteiger partial charge in [-0.1, -0.05) is 6.07 Å². The number of hydrogen-bond donors (Lipinski definition) is 2. The van der Waals surface area contributed by atoms with Gasteiger partial charge in [-0.3, -0.25) is 4.79 Å². The number of phenolic OH excluding ortho intramolecular Hbond substituents is 1. The van der Waals surface area contributed by atoms with E-state index in [2.05, 4.69) is 5.32 Å². The number of aromatic hydroxyl groups is 1. The molecule has 1 atom stereocenters. The smallest absolute Gasteiger partial charge is 0.260 e. The van der Waals surface area contributed by atoms with Gasteiger partial charge in [0.1, 0.15) is 17.1 Å². The molecule has 1 aliphatic rings. The van der Waals surface area contributed by atoms with Gasteiger partial charge in [-0.2, -0.15) is 0 Å². The predicted molar refractivity (Wildman–Crippen MR) is 76.9 cm³/mol. The molecule has 1 aliphatic heterocycles. The van der Waals surface area contributed by atoms with Crippen LogP contribution < -0.4 is 5.32 Å². The maximum absolute atomic E-state index is 13.8. The highest BCUT2D eigenvalue weighted by Crippen LogP contribution is 2.22. The summed E-state index contributed by atoms with van der Waals surface area (Å²) < 4.78 is 18.9. The van der Waals surface area contributed by atoms with E-state index in [0.29, 0.717) is 19.7 Å². The molecule has 5 nitrogen and oxygen atoms in total. The number of nitrogens with zero attached hydrogens (tertiary/aromatic N) is 1. The average molecular weight is 296 g/mol. The van der Waals surface area contributed by atoms with Crippen molar-refractivity contribution in [1.29, 1.82) is 0 Å². The molecular weight excluding hydrogens is 275 g/mol. The minimum Gasteiger partial charge on any atom is -0.507 e. The van der Waals surface area contributed by atoms with E-state index in [1.54, 1.807) is 7.11 Å². The summed E-state index contributed by atoms with van der Waals surface area (Å²) in [5, 5.41) is 13.1. The van der Waals surface area contributed by atoms with Gasteiger partial charge >= 0.3 is 0 Å². The lowest BCUT2D eigenvalue weighted by molar-refractivity contribution is 0.0671. The average Bonchev–Trinajstić information content (AvgIpc) is 2.96. The van der Waals surface area contributed by atoms with Gasteiger partial charge in [-0.05, 0) is 31.5 Å². The molecule has 2 rings (SSSR count). The predicted octanol–water partition coefficient (Wildman–Crippen LogP) is 1.37. The number of benzene rings is 1. The first-order valence-electron chi connectivity index (χ1n) is 7.12. The lowest BCUT2D eigenvalue weighted by Gasteiger charge is -2.26. The summed E-state index contributed by atoms with van der Waals surface area (Å²) in [5.74, 6) is -1.54. The summed E-state index contributed by atoms with van der Waals surface area (Å²) in [6.45, 7) is 2.15. The topological polar surface area (TPSA) is 61.8 Å². The van der Waals surface area contributed by atoms with Gasteiger partial charge in [0, 0.05) is 26.2 Å². The van der Waals surface area contributed by atoms with Crippen LogP contribution >= 0.6 is 0 Å². The molecule has 6 heteroatoms. The number of methoxy groups -OCH3 is 1. The fourth-order valence-corrected chi connectivity index (χ4v) is 2.54. The zero-order valence-electron chi connectivity index (χ0n) is 12.1. The first-order chi connectivity index (χ1) is 10.1. The third-order valence-corrected chi connectivity index (χ3v) is 3.66. The van der Waals surface area contributed by atoms with Crippen molar-refractivity contribution in [3.05, 3.63) is 29.6 Å². The van der Waals surface area contributed by atoms with Crippen LogP contribution in [0.5, 0.6) is 5.75 Å². The van der Waals surface area contributed by atoms with Crippen molar-refractivity contribution >= 4 is 5.91 Å². The largest absolute Gasteiger partial charge is 0.507 e. The van der Waals surface area contributed by atoms with Crippen LogP contribution in [0.1, 0.15) is 23.2 Å². The highest BCUT2D eigenvalue weighted by Gasteiger charge is 2.26. The molecule has 0 radical (unpaired) electrons. The third kappa shape index (κ3) is 3.92. The van der Waals surface area contributed by atoms with Gasteiger partial charge in [0.05, 0.1) is 6.61 Å². The molecule has 0 aliphatic carbocycles. The monoisotopic (exact) mass is 296 g/mol. The van der Waals surface area contributed by atoms with Crippen LogP contribution in [0, 0.1) is 5.82 Å². The van der Waals surface area contributed by atoms with E-state index in [9.17, 15) is 14.3 Å². The highest BCUT2D eigenvalue weighted by atomic mass is 19.1. The number of amides is 1. The Balaban J connectivity index is 2.16. The second kappa shape index (κ2) is 7.38. The van der Waals surface area contributed by atoms with Gasteiger partial charge in [0.2, 0.25) is 0 Å². The summed E-state index contributed by atoms with van der Waals surface area (Å²) in [6, 6.07) is 4.08. The molecule has 0 saturated carbocycles. The molecular formula is C15H21FN2O3. The van der Waals surface area contributed by atoms with Crippen molar-refractivity contribution < 1.29 is 19.0 Å². The number of carbonyl (C=O) groups excluding carboxylic acids is 1. The molecule has 21 heavy (non-hydrogen) atoms. The molecule has 0 bridgehead atoms. The zero-order valence-corrected chi connectivity index (χ0v) is 12.1. The molecule has 1 heterocycles.